The Morgan fingerprint density at radius 1 is 1.09 bits per heavy atom. The lowest BCUT2D eigenvalue weighted by molar-refractivity contribution is -0.384. The number of fused-ring (bicyclic) bond motifs is 5. The van der Waals surface area contributed by atoms with Crippen molar-refractivity contribution in [1.29, 1.82) is 0 Å². The predicted molar refractivity (Wildman–Crippen MR) is 167 cm³/mol. The number of nitro groups is 1. The summed E-state index contributed by atoms with van der Waals surface area (Å²) in [4.78, 5) is 26.5. The van der Waals surface area contributed by atoms with Crippen LogP contribution in [0, 0.1) is 16.0 Å². The van der Waals surface area contributed by atoms with Crippen LogP contribution in [0.2, 0.25) is 0 Å². The number of ether oxygens (including phenoxy) is 1. The van der Waals surface area contributed by atoms with Crippen LogP contribution in [-0.4, -0.2) is 77.0 Å². The van der Waals surface area contributed by atoms with Crippen LogP contribution in [0.3, 0.4) is 0 Å². The second kappa shape index (κ2) is 12.5. The van der Waals surface area contributed by atoms with Crippen molar-refractivity contribution in [2.45, 2.75) is 37.5 Å². The number of likely N-dealkylation sites (N-methyl/N-ethyl adjacent to an activating group) is 1. The molecule has 1 aliphatic rings. The number of aliphatic hydroxyl groups is 1. The number of benzene rings is 3. The van der Waals surface area contributed by atoms with Gasteiger partial charge in [0.05, 0.1) is 35.2 Å². The number of aliphatic hydroxyl groups excluding tert-OH is 1. The van der Waals surface area contributed by atoms with Crippen molar-refractivity contribution in [2.75, 3.05) is 26.7 Å². The Bertz CT molecular complexity index is 1800. The van der Waals surface area contributed by atoms with Crippen LogP contribution in [0.1, 0.15) is 29.9 Å². The van der Waals surface area contributed by atoms with Crippen LogP contribution < -0.4 is 0 Å². The van der Waals surface area contributed by atoms with Gasteiger partial charge < -0.3 is 19.3 Å². The first-order valence-electron chi connectivity index (χ1n) is 14.4. The molecule has 0 saturated heterocycles. The van der Waals surface area contributed by atoms with Crippen molar-refractivity contribution < 1.29 is 28.0 Å². The van der Waals surface area contributed by atoms with Gasteiger partial charge in [-0.3, -0.25) is 14.9 Å². The van der Waals surface area contributed by atoms with Crippen LogP contribution in [0.4, 0.5) is 5.69 Å². The number of aryl methyl sites for hydroxylation is 1. The zero-order valence-electron chi connectivity index (χ0n) is 25.1. The number of aromatic nitrogens is 1. The maximum atomic E-state index is 14.5. The van der Waals surface area contributed by atoms with Gasteiger partial charge in [-0.15, -0.1) is 0 Å². The number of carbonyl (C=O) groups excluding carboxylic acids is 1. The van der Waals surface area contributed by atoms with Gasteiger partial charge in [-0.1, -0.05) is 49.4 Å². The highest BCUT2D eigenvalue weighted by atomic mass is 32.2. The van der Waals surface area contributed by atoms with E-state index < -0.39 is 27.1 Å². The van der Waals surface area contributed by atoms with Gasteiger partial charge in [0.15, 0.2) is 0 Å². The molecule has 11 nitrogen and oxygen atoms in total. The molecule has 1 N–H and O–H groups in total. The van der Waals surface area contributed by atoms with Gasteiger partial charge in [0.1, 0.15) is 5.69 Å². The van der Waals surface area contributed by atoms with Gasteiger partial charge in [-0.05, 0) is 36.2 Å². The molecule has 232 valence electrons. The Labute approximate surface area is 256 Å². The highest BCUT2D eigenvalue weighted by Crippen LogP contribution is 2.38. The first-order chi connectivity index (χ1) is 20.9. The molecule has 0 spiro atoms. The van der Waals surface area contributed by atoms with Crippen LogP contribution in [0.25, 0.3) is 22.0 Å². The van der Waals surface area contributed by atoms with E-state index >= 15 is 0 Å². The number of hydrogen-bond acceptors (Lipinski definition) is 7. The van der Waals surface area contributed by atoms with Crippen molar-refractivity contribution in [3.8, 4) is 11.1 Å². The summed E-state index contributed by atoms with van der Waals surface area (Å²) in [5.74, 6) is -0.583. The summed E-state index contributed by atoms with van der Waals surface area (Å²) in [6, 6.07) is 19.8. The summed E-state index contributed by atoms with van der Waals surface area (Å²) in [6.07, 6.45) is -0.639. The van der Waals surface area contributed by atoms with E-state index in [2.05, 4.69) is 0 Å². The molecule has 2 heterocycles. The molecule has 0 saturated carbocycles. The molecule has 4 aromatic rings. The summed E-state index contributed by atoms with van der Waals surface area (Å²) in [5, 5.41) is 22.2. The molecule has 1 amide bonds. The Hall–Kier alpha value is -4.10. The fourth-order valence-electron chi connectivity index (χ4n) is 5.80. The Kier molecular flexibility index (Phi) is 8.89. The summed E-state index contributed by atoms with van der Waals surface area (Å²) in [5.41, 5.74) is 3.67. The summed E-state index contributed by atoms with van der Waals surface area (Å²) in [6.45, 7) is 3.76. The molecule has 1 aromatic heterocycles. The van der Waals surface area contributed by atoms with Gasteiger partial charge in [0, 0.05) is 61.7 Å². The van der Waals surface area contributed by atoms with Gasteiger partial charge in [-0.2, -0.15) is 4.31 Å². The first kappa shape index (κ1) is 31.3. The molecule has 0 bridgehead atoms. The molecule has 0 radical (unpaired) electrons. The largest absolute Gasteiger partial charge is 0.394 e. The Morgan fingerprint density at radius 2 is 1.75 bits per heavy atom. The number of carbonyl (C=O) groups is 1. The molecule has 0 fully saturated rings. The van der Waals surface area contributed by atoms with E-state index in [1.54, 1.807) is 11.8 Å². The van der Waals surface area contributed by atoms with E-state index in [1.807, 2.05) is 67.1 Å². The van der Waals surface area contributed by atoms with Crippen LogP contribution in [-0.2, 0) is 28.4 Å². The lowest BCUT2D eigenvalue weighted by atomic mass is 9.96. The number of para-hydroxylation sites is 1. The normalized spacial score (nSPS) is 18.5. The summed E-state index contributed by atoms with van der Waals surface area (Å²) < 4.78 is 36.5. The average molecular weight is 621 g/mol. The van der Waals surface area contributed by atoms with E-state index in [1.165, 1.54) is 23.5 Å². The zero-order valence-corrected chi connectivity index (χ0v) is 25.9. The van der Waals surface area contributed by atoms with Gasteiger partial charge in [0.25, 0.3) is 11.6 Å². The topological polar surface area (TPSA) is 135 Å². The number of rotatable bonds is 7. The van der Waals surface area contributed by atoms with E-state index in [0.717, 1.165) is 39.7 Å². The third-order valence-electron chi connectivity index (χ3n) is 8.42. The molecule has 5 rings (SSSR count). The molecular formula is C32H36N4O7S. The van der Waals surface area contributed by atoms with Gasteiger partial charge >= 0.3 is 0 Å². The standard InChI is InChI=1S/C32H36N4O7S/c1-21-17-35(22(2)19-37)32(38)31-30(27-11-7-8-12-28(27)34(31)4)26-10-6-5-9-23(26)20-43-29(21)18-33(3)44(41,42)25-15-13-24(14-16-25)36(39)40/h5-16,21-22,29,37H,17-20H2,1-4H3/t21-,22-,29+/m0/s1. The SMILES string of the molecule is C[C@H]1CN([C@@H](C)CO)C(=O)c2c(c3ccccc3n2C)-c2ccccc2CO[C@@H]1CN(C)S(=O)(=O)c1ccc([N+](=O)[O-])cc1. The second-order valence-corrected chi connectivity index (χ2v) is 13.4. The van der Waals surface area contributed by atoms with Crippen LogP contribution in [0.15, 0.2) is 77.7 Å². The van der Waals surface area contributed by atoms with E-state index in [-0.39, 0.29) is 48.7 Å². The number of non-ortho nitro benzene ring substituents is 1. The van der Waals surface area contributed by atoms with Gasteiger partial charge in [0.2, 0.25) is 10.0 Å². The average Bonchev–Trinajstić information content (AvgIpc) is 3.31. The maximum absolute atomic E-state index is 14.5. The number of hydrogen-bond donors (Lipinski definition) is 1. The predicted octanol–water partition coefficient (Wildman–Crippen LogP) is 4.43. The van der Waals surface area contributed by atoms with Crippen molar-refractivity contribution in [2.24, 2.45) is 13.0 Å². The molecule has 3 atom stereocenters. The minimum Gasteiger partial charge on any atom is -0.394 e. The molecule has 1 aliphatic heterocycles. The highest BCUT2D eigenvalue weighted by molar-refractivity contribution is 7.89. The monoisotopic (exact) mass is 620 g/mol. The summed E-state index contributed by atoms with van der Waals surface area (Å²) >= 11 is 0. The molecule has 0 unspecified atom stereocenters. The Morgan fingerprint density at radius 3 is 2.43 bits per heavy atom. The lowest BCUT2D eigenvalue weighted by Crippen LogP contribution is -2.48. The maximum Gasteiger partial charge on any atom is 0.271 e. The van der Waals surface area contributed by atoms with Crippen molar-refractivity contribution >= 4 is 32.5 Å². The van der Waals surface area contributed by atoms with Crippen molar-refractivity contribution in [1.82, 2.24) is 13.8 Å². The van der Waals surface area contributed by atoms with Crippen molar-refractivity contribution in [3.63, 3.8) is 0 Å². The quantitative estimate of drug-likeness (QED) is 0.239. The van der Waals surface area contributed by atoms with E-state index in [4.69, 9.17) is 4.74 Å². The molecular weight excluding hydrogens is 584 g/mol. The Balaban J connectivity index is 1.57. The molecule has 0 aliphatic carbocycles. The highest BCUT2D eigenvalue weighted by Gasteiger charge is 2.35. The fraction of sp³-hybridized carbons (Fsp3) is 0.344. The van der Waals surface area contributed by atoms with Crippen molar-refractivity contribution in [3.05, 3.63) is 94.2 Å². The molecule has 12 heteroatoms. The van der Waals surface area contributed by atoms with Gasteiger partial charge in [-0.25, -0.2) is 8.42 Å². The lowest BCUT2D eigenvalue weighted by Gasteiger charge is -2.35. The number of sulfonamides is 1. The van der Waals surface area contributed by atoms with Crippen LogP contribution in [0.5, 0.6) is 0 Å². The molecule has 44 heavy (non-hydrogen) atoms. The number of nitrogens with zero attached hydrogens (tertiary/aromatic N) is 4. The second-order valence-electron chi connectivity index (χ2n) is 11.3. The first-order valence-corrected chi connectivity index (χ1v) is 15.8. The third-order valence-corrected chi connectivity index (χ3v) is 10.3. The number of amides is 1. The van der Waals surface area contributed by atoms with E-state index in [0.29, 0.717) is 5.69 Å². The summed E-state index contributed by atoms with van der Waals surface area (Å²) in [7, 11) is -0.710. The van der Waals surface area contributed by atoms with Crippen LogP contribution >= 0.6 is 0 Å². The fourth-order valence-corrected chi connectivity index (χ4v) is 6.98. The smallest absolute Gasteiger partial charge is 0.271 e. The number of nitro benzene ring substituents is 1. The molecule has 3 aromatic carbocycles. The minimum absolute atomic E-state index is 0.0337. The minimum atomic E-state index is -4.01. The zero-order chi connectivity index (χ0) is 31.8. The third kappa shape index (κ3) is 5.73. The van der Waals surface area contributed by atoms with E-state index in [9.17, 15) is 28.4 Å².